The van der Waals surface area contributed by atoms with Crippen LogP contribution in [0.3, 0.4) is 0 Å². The van der Waals surface area contributed by atoms with Crippen molar-refractivity contribution >= 4 is 5.95 Å². The van der Waals surface area contributed by atoms with E-state index in [1.165, 1.54) is 0 Å². The fraction of sp³-hybridized carbons (Fsp3) is 0.455. The van der Waals surface area contributed by atoms with Gasteiger partial charge in [-0.2, -0.15) is 4.98 Å². The quantitative estimate of drug-likeness (QED) is 0.833. The second-order valence-electron chi connectivity index (χ2n) is 3.91. The third-order valence-corrected chi connectivity index (χ3v) is 2.48. The molecular formula is C11H16N6O. The van der Waals surface area contributed by atoms with Gasteiger partial charge in [0.05, 0.1) is 7.11 Å². The minimum Gasteiger partial charge on any atom is -0.481 e. The van der Waals surface area contributed by atoms with Gasteiger partial charge in [-0.1, -0.05) is 0 Å². The maximum absolute atomic E-state index is 5.09. The molecule has 0 aromatic carbocycles. The summed E-state index contributed by atoms with van der Waals surface area (Å²) in [5.74, 6) is 2.04. The van der Waals surface area contributed by atoms with Crippen LogP contribution in [0.5, 0.6) is 5.88 Å². The largest absolute Gasteiger partial charge is 0.481 e. The minimum atomic E-state index is 0.559. The van der Waals surface area contributed by atoms with Crippen LogP contribution in [0.4, 0.5) is 5.95 Å². The summed E-state index contributed by atoms with van der Waals surface area (Å²) in [4.78, 5) is 8.48. The number of hydrogen-bond donors (Lipinski definition) is 1. The Kier molecular flexibility index (Phi) is 3.71. The fourth-order valence-electron chi connectivity index (χ4n) is 1.54. The number of aryl methyl sites for hydroxylation is 2. The lowest BCUT2D eigenvalue weighted by Crippen LogP contribution is -2.11. The molecule has 0 fully saturated rings. The second kappa shape index (κ2) is 5.44. The molecule has 0 aliphatic rings. The zero-order chi connectivity index (χ0) is 13.0. The van der Waals surface area contributed by atoms with Crippen molar-refractivity contribution in [1.82, 2.24) is 24.7 Å². The molecule has 0 bridgehead atoms. The number of methoxy groups -OCH3 is 1. The highest BCUT2D eigenvalue weighted by atomic mass is 16.5. The highest BCUT2D eigenvalue weighted by molar-refractivity contribution is 5.30. The van der Waals surface area contributed by atoms with E-state index in [0.717, 1.165) is 17.9 Å². The summed E-state index contributed by atoms with van der Waals surface area (Å²) in [6.07, 6.45) is 2.44. The van der Waals surface area contributed by atoms with E-state index in [0.29, 0.717) is 18.4 Å². The lowest BCUT2D eigenvalue weighted by Gasteiger charge is -2.07. The van der Waals surface area contributed by atoms with Crippen LogP contribution in [0.15, 0.2) is 12.4 Å². The number of nitrogens with one attached hydrogen (secondary N) is 1. The van der Waals surface area contributed by atoms with Gasteiger partial charge in [-0.3, -0.25) is 0 Å². The number of ether oxygens (including phenoxy) is 1. The molecule has 1 N–H and O–H groups in total. The van der Waals surface area contributed by atoms with E-state index in [-0.39, 0.29) is 0 Å². The van der Waals surface area contributed by atoms with E-state index >= 15 is 0 Å². The van der Waals surface area contributed by atoms with E-state index in [2.05, 4.69) is 25.5 Å². The molecule has 2 aromatic rings. The van der Waals surface area contributed by atoms with Crippen molar-refractivity contribution in [3.63, 3.8) is 0 Å². The van der Waals surface area contributed by atoms with Gasteiger partial charge < -0.3 is 14.6 Å². The summed E-state index contributed by atoms with van der Waals surface area (Å²) in [6.45, 7) is 2.59. The van der Waals surface area contributed by atoms with Crippen LogP contribution < -0.4 is 10.1 Å². The zero-order valence-electron chi connectivity index (χ0n) is 10.7. The van der Waals surface area contributed by atoms with E-state index < -0.39 is 0 Å². The Bertz CT molecular complexity index is 524. The molecule has 0 spiro atoms. The summed E-state index contributed by atoms with van der Waals surface area (Å²) in [5, 5.41) is 11.0. The van der Waals surface area contributed by atoms with Gasteiger partial charge in [0, 0.05) is 31.8 Å². The SMILES string of the molecule is COc1cc(C)nc(NCCc2nncn2C)n1. The van der Waals surface area contributed by atoms with Gasteiger partial charge in [0.2, 0.25) is 11.8 Å². The Hall–Kier alpha value is -2.18. The van der Waals surface area contributed by atoms with E-state index in [4.69, 9.17) is 4.74 Å². The van der Waals surface area contributed by atoms with Crippen molar-refractivity contribution in [3.8, 4) is 5.88 Å². The predicted octanol–water partition coefficient (Wildman–Crippen LogP) is 0.577. The van der Waals surface area contributed by atoms with Crippen LogP contribution in [0, 0.1) is 6.92 Å². The van der Waals surface area contributed by atoms with E-state index in [9.17, 15) is 0 Å². The first-order valence-electron chi connectivity index (χ1n) is 5.65. The summed E-state index contributed by atoms with van der Waals surface area (Å²) in [5.41, 5.74) is 0.864. The van der Waals surface area contributed by atoms with Crippen LogP contribution >= 0.6 is 0 Å². The first-order valence-corrected chi connectivity index (χ1v) is 5.65. The number of rotatable bonds is 5. The van der Waals surface area contributed by atoms with Crippen LogP contribution in [0.1, 0.15) is 11.5 Å². The number of anilines is 1. The van der Waals surface area contributed by atoms with Crippen LogP contribution in [-0.4, -0.2) is 38.4 Å². The molecule has 0 amide bonds. The highest BCUT2D eigenvalue weighted by Crippen LogP contribution is 2.10. The molecule has 0 saturated heterocycles. The topological polar surface area (TPSA) is 77.8 Å². The van der Waals surface area contributed by atoms with E-state index in [1.54, 1.807) is 19.5 Å². The molecule has 0 radical (unpaired) electrons. The van der Waals surface area contributed by atoms with Gasteiger partial charge in [-0.15, -0.1) is 10.2 Å². The van der Waals surface area contributed by atoms with Crippen LogP contribution in [-0.2, 0) is 13.5 Å². The molecule has 96 valence electrons. The third-order valence-electron chi connectivity index (χ3n) is 2.48. The van der Waals surface area contributed by atoms with Gasteiger partial charge >= 0.3 is 0 Å². The molecule has 0 aliphatic carbocycles. The van der Waals surface area contributed by atoms with Crippen LogP contribution in [0.25, 0.3) is 0 Å². The lowest BCUT2D eigenvalue weighted by molar-refractivity contribution is 0.397. The maximum atomic E-state index is 5.09. The second-order valence-corrected chi connectivity index (χ2v) is 3.91. The lowest BCUT2D eigenvalue weighted by atomic mass is 10.4. The first kappa shape index (κ1) is 12.3. The van der Waals surface area contributed by atoms with Gasteiger partial charge in [-0.25, -0.2) is 4.98 Å². The Labute approximate surface area is 105 Å². The van der Waals surface area contributed by atoms with Gasteiger partial charge in [0.25, 0.3) is 0 Å². The van der Waals surface area contributed by atoms with Gasteiger partial charge in [0.1, 0.15) is 12.2 Å². The summed E-state index contributed by atoms with van der Waals surface area (Å²) < 4.78 is 6.98. The predicted molar refractivity (Wildman–Crippen MR) is 66.5 cm³/mol. The maximum Gasteiger partial charge on any atom is 0.226 e. The van der Waals surface area contributed by atoms with Crippen molar-refractivity contribution in [1.29, 1.82) is 0 Å². The molecule has 7 heteroatoms. The summed E-state index contributed by atoms with van der Waals surface area (Å²) in [6, 6.07) is 1.79. The van der Waals surface area contributed by atoms with Gasteiger partial charge in [-0.05, 0) is 6.92 Å². The Balaban J connectivity index is 1.94. The smallest absolute Gasteiger partial charge is 0.226 e. The normalized spacial score (nSPS) is 10.4. The van der Waals surface area contributed by atoms with E-state index in [1.807, 2.05) is 18.5 Å². The molecule has 0 aliphatic heterocycles. The molecule has 7 nitrogen and oxygen atoms in total. The number of hydrogen-bond acceptors (Lipinski definition) is 6. The molecule has 18 heavy (non-hydrogen) atoms. The molecule has 0 atom stereocenters. The first-order chi connectivity index (χ1) is 8.69. The molecule has 2 aromatic heterocycles. The molecule has 2 heterocycles. The number of aromatic nitrogens is 5. The fourth-order valence-corrected chi connectivity index (χ4v) is 1.54. The van der Waals surface area contributed by atoms with Crippen molar-refractivity contribution in [2.45, 2.75) is 13.3 Å². The monoisotopic (exact) mass is 248 g/mol. The average Bonchev–Trinajstić information content (AvgIpc) is 2.74. The molecule has 0 saturated carbocycles. The molecule has 0 unspecified atom stereocenters. The third kappa shape index (κ3) is 2.93. The highest BCUT2D eigenvalue weighted by Gasteiger charge is 2.03. The minimum absolute atomic E-state index is 0.559. The molecular weight excluding hydrogens is 232 g/mol. The summed E-state index contributed by atoms with van der Waals surface area (Å²) >= 11 is 0. The van der Waals surface area contributed by atoms with Crippen molar-refractivity contribution in [2.75, 3.05) is 19.0 Å². The summed E-state index contributed by atoms with van der Waals surface area (Å²) in [7, 11) is 3.51. The van der Waals surface area contributed by atoms with Crippen molar-refractivity contribution < 1.29 is 4.74 Å². The Morgan fingerprint density at radius 1 is 1.39 bits per heavy atom. The van der Waals surface area contributed by atoms with Crippen molar-refractivity contribution in [3.05, 3.63) is 23.9 Å². The van der Waals surface area contributed by atoms with Crippen molar-refractivity contribution in [2.24, 2.45) is 7.05 Å². The Morgan fingerprint density at radius 2 is 2.22 bits per heavy atom. The standard InChI is InChI=1S/C11H16N6O/c1-8-6-10(18-3)15-11(14-8)12-5-4-9-16-13-7-17(9)2/h6-7H,4-5H2,1-3H3,(H,12,14,15). The van der Waals surface area contributed by atoms with Crippen LogP contribution in [0.2, 0.25) is 0 Å². The average molecular weight is 248 g/mol. The van der Waals surface area contributed by atoms with Gasteiger partial charge in [0.15, 0.2) is 0 Å². The Morgan fingerprint density at radius 3 is 2.89 bits per heavy atom. The molecule has 2 rings (SSSR count). The number of nitrogens with zero attached hydrogens (tertiary/aromatic N) is 5. The zero-order valence-corrected chi connectivity index (χ0v) is 10.7.